The molecule has 0 amide bonds. The van der Waals surface area contributed by atoms with E-state index in [4.69, 9.17) is 14.2 Å². The first-order valence-electron chi connectivity index (χ1n) is 12.4. The molecule has 6 rings (SSSR count). The number of rotatable bonds is 4. The summed E-state index contributed by atoms with van der Waals surface area (Å²) >= 11 is 0. The van der Waals surface area contributed by atoms with E-state index in [-0.39, 0.29) is 46.7 Å². The summed E-state index contributed by atoms with van der Waals surface area (Å²) in [7, 11) is 0. The Morgan fingerprint density at radius 1 is 0.718 bits per heavy atom. The first-order chi connectivity index (χ1) is 18.7. The second-order valence-corrected chi connectivity index (χ2v) is 9.75. The van der Waals surface area contributed by atoms with Crippen LogP contribution in [-0.4, -0.2) is 36.7 Å². The van der Waals surface area contributed by atoms with Gasteiger partial charge in [0.2, 0.25) is 5.79 Å². The van der Waals surface area contributed by atoms with E-state index < -0.39 is 18.0 Å². The largest absolute Gasteiger partial charge is 0.508 e. The number of fused-ring (bicyclic) bond motifs is 2. The Balaban J connectivity index is 1.47. The molecular formula is C30H26O9. The summed E-state index contributed by atoms with van der Waals surface area (Å²) in [6.45, 7) is 0. The zero-order valence-corrected chi connectivity index (χ0v) is 20.6. The monoisotopic (exact) mass is 530 g/mol. The van der Waals surface area contributed by atoms with E-state index in [0.717, 1.165) is 5.56 Å². The molecule has 0 aliphatic carbocycles. The molecule has 39 heavy (non-hydrogen) atoms. The van der Waals surface area contributed by atoms with Crippen LogP contribution < -0.4 is 9.47 Å². The van der Waals surface area contributed by atoms with Crippen LogP contribution >= 0.6 is 0 Å². The van der Waals surface area contributed by atoms with Crippen molar-refractivity contribution in [3.05, 3.63) is 95.1 Å². The fourth-order valence-electron chi connectivity index (χ4n) is 5.25. The van der Waals surface area contributed by atoms with Crippen LogP contribution in [-0.2, 0) is 23.4 Å². The molecule has 0 radical (unpaired) electrons. The van der Waals surface area contributed by atoms with Crippen molar-refractivity contribution in [2.45, 2.75) is 37.3 Å². The highest BCUT2D eigenvalue weighted by atomic mass is 16.7. The number of ether oxygens (including phenoxy) is 3. The van der Waals surface area contributed by atoms with Gasteiger partial charge in [0.05, 0.1) is 0 Å². The van der Waals surface area contributed by atoms with Crippen molar-refractivity contribution in [3.63, 3.8) is 0 Å². The Morgan fingerprint density at radius 3 is 2.23 bits per heavy atom. The average Bonchev–Trinajstić information content (AvgIpc) is 2.91. The average molecular weight is 531 g/mol. The minimum atomic E-state index is -1.42. The van der Waals surface area contributed by atoms with Gasteiger partial charge in [-0.15, -0.1) is 0 Å². The summed E-state index contributed by atoms with van der Waals surface area (Å²) in [5, 5.41) is 61.1. The van der Waals surface area contributed by atoms with E-state index in [0.29, 0.717) is 35.3 Å². The molecule has 6 N–H and O–H groups in total. The van der Waals surface area contributed by atoms with Crippen LogP contribution in [0, 0.1) is 0 Å². The van der Waals surface area contributed by atoms with Crippen LogP contribution in [0.5, 0.6) is 46.0 Å². The molecule has 0 spiro atoms. The van der Waals surface area contributed by atoms with Gasteiger partial charge in [-0.3, -0.25) is 0 Å². The molecular weight excluding hydrogens is 504 g/mol. The molecule has 4 aromatic rings. The highest BCUT2D eigenvalue weighted by molar-refractivity contribution is 5.52. The van der Waals surface area contributed by atoms with Gasteiger partial charge in [0.25, 0.3) is 0 Å². The lowest BCUT2D eigenvalue weighted by Crippen LogP contribution is -2.46. The number of phenolic OH excluding ortho intramolecular Hbond substituents is 6. The summed E-state index contributed by atoms with van der Waals surface area (Å²) in [6.07, 6.45) is -0.574. The van der Waals surface area contributed by atoms with E-state index in [1.807, 2.05) is 24.3 Å². The van der Waals surface area contributed by atoms with Gasteiger partial charge < -0.3 is 44.8 Å². The smallest absolute Gasteiger partial charge is 0.238 e. The van der Waals surface area contributed by atoms with Gasteiger partial charge in [-0.2, -0.15) is 0 Å². The van der Waals surface area contributed by atoms with Crippen LogP contribution in [0.2, 0.25) is 0 Å². The third-order valence-electron chi connectivity index (χ3n) is 7.22. The van der Waals surface area contributed by atoms with Crippen LogP contribution in [0.3, 0.4) is 0 Å². The lowest BCUT2D eigenvalue weighted by atomic mass is 9.90. The molecule has 0 fully saturated rings. The number of phenols is 6. The van der Waals surface area contributed by atoms with Crippen LogP contribution in [0.15, 0.2) is 72.8 Å². The van der Waals surface area contributed by atoms with Crippen LogP contribution in [0.1, 0.15) is 34.8 Å². The predicted octanol–water partition coefficient (Wildman–Crippen LogP) is 4.86. The molecule has 2 aliphatic heterocycles. The van der Waals surface area contributed by atoms with Crippen molar-refractivity contribution in [1.82, 2.24) is 0 Å². The molecule has 9 nitrogen and oxygen atoms in total. The molecule has 3 unspecified atom stereocenters. The molecule has 200 valence electrons. The van der Waals surface area contributed by atoms with E-state index in [1.165, 1.54) is 36.4 Å². The maximum absolute atomic E-state index is 10.6. The quantitative estimate of drug-likeness (QED) is 0.203. The van der Waals surface area contributed by atoms with E-state index in [1.54, 1.807) is 12.1 Å². The normalized spacial score (nSPS) is 21.7. The highest BCUT2D eigenvalue weighted by Crippen LogP contribution is 2.49. The number of hydrogen-bond donors (Lipinski definition) is 6. The standard InChI is InChI=1S/C30H26O9/c31-19-13-23(34)20-15-28(29(37-27(20)14-19)17-5-7-21(32)24(35)11-17)39-30(18-6-8-22(33)25(36)12-18)10-9-16-3-1-2-4-26(16)38-30/h1-8,11-14,28-29,31-36H,9-10,15H2. The van der Waals surface area contributed by atoms with Crippen molar-refractivity contribution in [2.75, 3.05) is 0 Å². The maximum atomic E-state index is 10.6. The minimum Gasteiger partial charge on any atom is -0.508 e. The minimum absolute atomic E-state index is 0.143. The van der Waals surface area contributed by atoms with E-state index in [2.05, 4.69) is 0 Å². The van der Waals surface area contributed by atoms with Crippen molar-refractivity contribution in [3.8, 4) is 46.0 Å². The molecule has 3 atom stereocenters. The first-order valence-corrected chi connectivity index (χ1v) is 12.4. The summed E-state index contributed by atoms with van der Waals surface area (Å²) in [5.74, 6) is -2.20. The van der Waals surface area contributed by atoms with Gasteiger partial charge in [0.1, 0.15) is 29.1 Å². The molecule has 0 bridgehead atoms. The van der Waals surface area contributed by atoms with Gasteiger partial charge in [-0.25, -0.2) is 0 Å². The van der Waals surface area contributed by atoms with Crippen molar-refractivity contribution >= 4 is 0 Å². The van der Waals surface area contributed by atoms with Gasteiger partial charge in [0.15, 0.2) is 29.1 Å². The molecule has 9 heteroatoms. The van der Waals surface area contributed by atoms with Gasteiger partial charge in [-0.1, -0.05) is 24.3 Å². The Labute approximate surface area is 223 Å². The molecule has 2 heterocycles. The zero-order chi connectivity index (χ0) is 27.3. The lowest BCUT2D eigenvalue weighted by Gasteiger charge is -2.44. The number of para-hydroxylation sites is 1. The summed E-state index contributed by atoms with van der Waals surface area (Å²) < 4.78 is 19.5. The SMILES string of the molecule is Oc1cc(O)c2c(c1)OC(c1ccc(O)c(O)c1)C(OC1(c3ccc(O)c(O)c3)CCc3ccccc3O1)C2. The van der Waals surface area contributed by atoms with Crippen LogP contribution in [0.4, 0.5) is 0 Å². The molecule has 4 aromatic carbocycles. The van der Waals surface area contributed by atoms with Crippen molar-refractivity contribution in [2.24, 2.45) is 0 Å². The number of aromatic hydroxyl groups is 6. The summed E-state index contributed by atoms with van der Waals surface area (Å²) in [6, 6.07) is 18.8. The van der Waals surface area contributed by atoms with Crippen LogP contribution in [0.25, 0.3) is 0 Å². The molecule has 2 aliphatic rings. The van der Waals surface area contributed by atoms with Gasteiger partial charge >= 0.3 is 0 Å². The summed E-state index contributed by atoms with van der Waals surface area (Å²) in [5.41, 5.74) is 2.33. The number of aryl methyl sites for hydroxylation is 1. The zero-order valence-electron chi connectivity index (χ0n) is 20.6. The van der Waals surface area contributed by atoms with Crippen molar-refractivity contribution < 1.29 is 44.8 Å². The Hall–Kier alpha value is -4.76. The second-order valence-electron chi connectivity index (χ2n) is 9.75. The topological polar surface area (TPSA) is 149 Å². The first kappa shape index (κ1) is 24.6. The van der Waals surface area contributed by atoms with E-state index in [9.17, 15) is 30.6 Å². The van der Waals surface area contributed by atoms with Crippen molar-refractivity contribution in [1.29, 1.82) is 0 Å². The molecule has 0 saturated heterocycles. The van der Waals surface area contributed by atoms with Gasteiger partial charge in [0, 0.05) is 36.1 Å². The Bertz CT molecular complexity index is 1570. The molecule has 0 saturated carbocycles. The third kappa shape index (κ3) is 4.36. The number of hydrogen-bond acceptors (Lipinski definition) is 9. The van der Waals surface area contributed by atoms with E-state index >= 15 is 0 Å². The third-order valence-corrected chi connectivity index (χ3v) is 7.22. The predicted molar refractivity (Wildman–Crippen MR) is 138 cm³/mol. The fraction of sp³-hybridized carbons (Fsp3) is 0.200. The fourth-order valence-corrected chi connectivity index (χ4v) is 5.25. The van der Waals surface area contributed by atoms with Gasteiger partial charge in [-0.05, 0) is 53.9 Å². The number of benzene rings is 4. The Kier molecular flexibility index (Phi) is 5.80. The lowest BCUT2D eigenvalue weighted by molar-refractivity contribution is -0.248. The Morgan fingerprint density at radius 2 is 1.46 bits per heavy atom. The summed E-state index contributed by atoms with van der Waals surface area (Å²) in [4.78, 5) is 0. The second kappa shape index (κ2) is 9.21. The molecule has 0 aromatic heterocycles. The maximum Gasteiger partial charge on any atom is 0.238 e. The highest BCUT2D eigenvalue weighted by Gasteiger charge is 2.46.